The average molecular weight is 494 g/mol. The minimum Gasteiger partial charge on any atom is -0.477 e. The molecule has 0 aliphatic heterocycles. The van der Waals surface area contributed by atoms with E-state index in [-0.39, 0.29) is 5.70 Å². The van der Waals surface area contributed by atoms with Crippen LogP contribution in [0.1, 0.15) is 15.2 Å². The van der Waals surface area contributed by atoms with Crippen LogP contribution in [0.15, 0.2) is 89.0 Å². The molecule has 2 N–H and O–H groups in total. The standard InChI is InChI=1S/C24H16BrNO4S/c25-18-6-2-3-7-20(18)30-17-11-9-15(10-12-17)13-19(24(28)29)26-23(27)22-14-16-5-1-4-8-21(16)31-22/h1-14H,(H,26,27)(H,28,29)/b19-13+. The number of amides is 1. The van der Waals surface area contributed by atoms with Crippen LogP contribution < -0.4 is 10.1 Å². The number of benzene rings is 3. The van der Waals surface area contributed by atoms with Crippen LogP contribution in [0, 0.1) is 0 Å². The van der Waals surface area contributed by atoms with Crippen LogP contribution in [-0.4, -0.2) is 17.0 Å². The second kappa shape index (κ2) is 9.16. The van der Waals surface area contributed by atoms with Gasteiger partial charge in [0, 0.05) is 4.70 Å². The first-order valence-electron chi connectivity index (χ1n) is 9.27. The zero-order chi connectivity index (χ0) is 21.8. The zero-order valence-corrected chi connectivity index (χ0v) is 18.4. The topological polar surface area (TPSA) is 75.6 Å². The Labute approximate surface area is 190 Å². The maximum absolute atomic E-state index is 12.6. The third-order valence-electron chi connectivity index (χ3n) is 4.38. The lowest BCUT2D eigenvalue weighted by atomic mass is 10.2. The minimum atomic E-state index is -1.22. The molecule has 0 bridgehead atoms. The van der Waals surface area contributed by atoms with Crippen molar-refractivity contribution in [3.05, 3.63) is 99.5 Å². The summed E-state index contributed by atoms with van der Waals surface area (Å²) in [6.45, 7) is 0. The van der Waals surface area contributed by atoms with Gasteiger partial charge in [0.25, 0.3) is 5.91 Å². The number of halogens is 1. The monoisotopic (exact) mass is 493 g/mol. The van der Waals surface area contributed by atoms with Gasteiger partial charge in [-0.1, -0.05) is 42.5 Å². The Bertz CT molecular complexity index is 1260. The van der Waals surface area contributed by atoms with E-state index in [1.807, 2.05) is 48.5 Å². The van der Waals surface area contributed by atoms with Crippen LogP contribution in [0.3, 0.4) is 0 Å². The number of aliphatic carboxylic acids is 1. The molecule has 4 rings (SSSR count). The first kappa shape index (κ1) is 20.8. The van der Waals surface area contributed by atoms with Crippen molar-refractivity contribution >= 4 is 55.3 Å². The zero-order valence-electron chi connectivity index (χ0n) is 16.0. The van der Waals surface area contributed by atoms with Gasteiger partial charge in [-0.05, 0) is 69.4 Å². The highest BCUT2D eigenvalue weighted by Crippen LogP contribution is 2.29. The number of hydrogen-bond donors (Lipinski definition) is 2. The van der Waals surface area contributed by atoms with E-state index in [1.54, 1.807) is 30.3 Å². The number of nitrogens with one attached hydrogen (secondary N) is 1. The average Bonchev–Trinajstić information content (AvgIpc) is 3.20. The van der Waals surface area contributed by atoms with Gasteiger partial charge in [-0.2, -0.15) is 0 Å². The molecule has 1 aromatic heterocycles. The van der Waals surface area contributed by atoms with Gasteiger partial charge in [-0.15, -0.1) is 11.3 Å². The maximum atomic E-state index is 12.6. The molecule has 0 saturated carbocycles. The van der Waals surface area contributed by atoms with Gasteiger partial charge in [-0.25, -0.2) is 4.79 Å². The number of carboxylic acid groups (broad SMARTS) is 1. The van der Waals surface area contributed by atoms with Gasteiger partial charge < -0.3 is 15.2 Å². The summed E-state index contributed by atoms with van der Waals surface area (Å²) in [5, 5.41) is 13.0. The van der Waals surface area contributed by atoms with Gasteiger partial charge in [-0.3, -0.25) is 4.79 Å². The smallest absolute Gasteiger partial charge is 0.352 e. The van der Waals surface area contributed by atoms with E-state index in [0.29, 0.717) is 21.9 Å². The fourth-order valence-corrected chi connectivity index (χ4v) is 4.21. The molecule has 0 fully saturated rings. The molecule has 1 heterocycles. The number of para-hydroxylation sites is 1. The Morgan fingerprint density at radius 2 is 1.68 bits per heavy atom. The highest BCUT2D eigenvalue weighted by atomic mass is 79.9. The van der Waals surface area contributed by atoms with Crippen molar-refractivity contribution in [1.82, 2.24) is 5.32 Å². The molecule has 4 aromatic rings. The third kappa shape index (κ3) is 5.02. The van der Waals surface area contributed by atoms with E-state index in [9.17, 15) is 14.7 Å². The molecule has 3 aromatic carbocycles. The molecule has 0 radical (unpaired) electrons. The Balaban J connectivity index is 1.51. The molecule has 0 aliphatic rings. The van der Waals surface area contributed by atoms with Crippen LogP contribution >= 0.6 is 27.3 Å². The number of carboxylic acids is 1. The summed E-state index contributed by atoms with van der Waals surface area (Å²) < 4.78 is 7.61. The molecule has 1 amide bonds. The number of hydrogen-bond acceptors (Lipinski definition) is 4. The molecule has 0 saturated heterocycles. The first-order valence-corrected chi connectivity index (χ1v) is 10.9. The van der Waals surface area contributed by atoms with Crippen LogP contribution in [0.25, 0.3) is 16.2 Å². The van der Waals surface area contributed by atoms with Gasteiger partial charge in [0.1, 0.15) is 17.2 Å². The van der Waals surface area contributed by atoms with Gasteiger partial charge in [0.05, 0.1) is 9.35 Å². The number of ether oxygens (including phenoxy) is 1. The number of thiophene rings is 1. The summed E-state index contributed by atoms with van der Waals surface area (Å²) in [6, 6.07) is 23.8. The van der Waals surface area contributed by atoms with Crippen molar-refractivity contribution in [2.75, 3.05) is 0 Å². The van der Waals surface area contributed by atoms with E-state index in [0.717, 1.165) is 14.6 Å². The third-order valence-corrected chi connectivity index (χ3v) is 6.15. The molecule has 0 atom stereocenters. The second-order valence-electron chi connectivity index (χ2n) is 6.57. The van der Waals surface area contributed by atoms with Crippen LogP contribution in [0.2, 0.25) is 0 Å². The predicted molar refractivity (Wildman–Crippen MR) is 126 cm³/mol. The SMILES string of the molecule is O=C(O)/C(=C\c1ccc(Oc2ccccc2Br)cc1)NC(=O)c1cc2ccccc2s1. The molecule has 0 aliphatic carbocycles. The second-order valence-corrected chi connectivity index (χ2v) is 8.51. The van der Waals surface area contributed by atoms with Crippen molar-refractivity contribution in [3.63, 3.8) is 0 Å². The largest absolute Gasteiger partial charge is 0.477 e. The van der Waals surface area contributed by atoms with Crippen LogP contribution in [0.5, 0.6) is 11.5 Å². The summed E-state index contributed by atoms with van der Waals surface area (Å²) in [7, 11) is 0. The van der Waals surface area contributed by atoms with Gasteiger partial charge >= 0.3 is 5.97 Å². The molecule has 5 nitrogen and oxygen atoms in total. The molecule has 0 spiro atoms. The molecule has 7 heteroatoms. The molecular weight excluding hydrogens is 478 g/mol. The Kier molecular flexibility index (Phi) is 6.16. The Morgan fingerprint density at radius 3 is 2.39 bits per heavy atom. The fourth-order valence-electron chi connectivity index (χ4n) is 2.88. The summed E-state index contributed by atoms with van der Waals surface area (Å²) in [4.78, 5) is 24.7. The van der Waals surface area contributed by atoms with Crippen molar-refractivity contribution in [1.29, 1.82) is 0 Å². The lowest BCUT2D eigenvalue weighted by Crippen LogP contribution is -2.26. The van der Waals surface area contributed by atoms with E-state index >= 15 is 0 Å². The quantitative estimate of drug-likeness (QED) is 0.308. The van der Waals surface area contributed by atoms with Gasteiger partial charge in [0.2, 0.25) is 0 Å². The van der Waals surface area contributed by atoms with Crippen LogP contribution in [0.4, 0.5) is 0 Å². The first-order chi connectivity index (χ1) is 15.0. The molecule has 31 heavy (non-hydrogen) atoms. The van der Waals surface area contributed by atoms with Crippen molar-refractivity contribution < 1.29 is 19.4 Å². The highest BCUT2D eigenvalue weighted by Gasteiger charge is 2.15. The predicted octanol–water partition coefficient (Wildman–Crippen LogP) is 6.31. The minimum absolute atomic E-state index is 0.207. The highest BCUT2D eigenvalue weighted by molar-refractivity contribution is 9.10. The number of fused-ring (bicyclic) bond motifs is 1. The Morgan fingerprint density at radius 1 is 0.968 bits per heavy atom. The van der Waals surface area contributed by atoms with E-state index in [2.05, 4.69) is 21.2 Å². The molecular formula is C24H16BrNO4S. The van der Waals surface area contributed by atoms with Gasteiger partial charge in [0.15, 0.2) is 0 Å². The lowest BCUT2D eigenvalue weighted by molar-refractivity contribution is -0.132. The van der Waals surface area contributed by atoms with E-state index in [1.165, 1.54) is 17.4 Å². The maximum Gasteiger partial charge on any atom is 0.352 e. The number of carbonyl (C=O) groups is 2. The van der Waals surface area contributed by atoms with E-state index in [4.69, 9.17) is 4.74 Å². The Hall–Kier alpha value is -3.42. The molecule has 154 valence electrons. The van der Waals surface area contributed by atoms with E-state index < -0.39 is 11.9 Å². The van der Waals surface area contributed by atoms with Crippen molar-refractivity contribution in [2.45, 2.75) is 0 Å². The number of carbonyl (C=O) groups excluding carboxylic acids is 1. The summed E-state index contributed by atoms with van der Waals surface area (Å²) >= 11 is 4.75. The summed E-state index contributed by atoms with van der Waals surface area (Å²) in [5.41, 5.74) is 0.412. The summed E-state index contributed by atoms with van der Waals surface area (Å²) in [5.74, 6) is -0.394. The molecule has 0 unspecified atom stereocenters. The lowest BCUT2D eigenvalue weighted by Gasteiger charge is -2.08. The normalized spacial score (nSPS) is 11.3. The fraction of sp³-hybridized carbons (Fsp3) is 0. The van der Waals surface area contributed by atoms with Crippen molar-refractivity contribution in [2.24, 2.45) is 0 Å². The van der Waals surface area contributed by atoms with Crippen molar-refractivity contribution in [3.8, 4) is 11.5 Å². The summed E-state index contributed by atoms with van der Waals surface area (Å²) in [6.07, 6.45) is 1.41. The number of rotatable bonds is 6. The van der Waals surface area contributed by atoms with Crippen LogP contribution in [-0.2, 0) is 4.79 Å².